The summed E-state index contributed by atoms with van der Waals surface area (Å²) in [6, 6.07) is 0. The Hall–Kier alpha value is -0.980. The summed E-state index contributed by atoms with van der Waals surface area (Å²) in [5, 5.41) is 3.89. The molecule has 0 N–H and O–H groups in total. The molecule has 1 heterocycles. The number of carbonyl (C=O) groups is 1. The Kier molecular flexibility index (Phi) is 4.47. The van der Waals surface area contributed by atoms with Gasteiger partial charge in [0.25, 0.3) is 0 Å². The number of hydrogen-bond acceptors (Lipinski definition) is 4. The molecular weight excluding hydrogens is 265 g/mol. The predicted molar refractivity (Wildman–Crippen MR) is 62.8 cm³/mol. The Balaban J connectivity index is 2.66. The summed E-state index contributed by atoms with van der Waals surface area (Å²) in [6.07, 6.45) is -5.45. The van der Waals surface area contributed by atoms with Crippen molar-refractivity contribution in [1.82, 2.24) is 9.59 Å². The van der Waals surface area contributed by atoms with Gasteiger partial charge in [0.1, 0.15) is 4.88 Å². The van der Waals surface area contributed by atoms with Crippen LogP contribution < -0.4 is 0 Å². The first kappa shape index (κ1) is 15.1. The van der Waals surface area contributed by atoms with Crippen molar-refractivity contribution in [3.63, 3.8) is 0 Å². The molecule has 3 nitrogen and oxygen atoms in total. The summed E-state index contributed by atoms with van der Waals surface area (Å²) in [6.45, 7) is 5.66. The highest BCUT2D eigenvalue weighted by Crippen LogP contribution is 2.28. The number of hydrogen-bond donors (Lipinski definition) is 0. The van der Waals surface area contributed by atoms with E-state index in [2.05, 4.69) is 9.59 Å². The normalized spacial score (nSPS) is 12.8. The van der Waals surface area contributed by atoms with Crippen molar-refractivity contribution in [2.75, 3.05) is 0 Å². The largest absolute Gasteiger partial charge is 0.389 e. The third kappa shape index (κ3) is 4.36. The van der Waals surface area contributed by atoms with Gasteiger partial charge in [-0.25, -0.2) is 0 Å². The second kappa shape index (κ2) is 5.34. The number of ketones is 1. The number of aromatic nitrogens is 2. The zero-order valence-electron chi connectivity index (χ0n) is 10.5. The maximum absolute atomic E-state index is 12.0. The van der Waals surface area contributed by atoms with Gasteiger partial charge in [0, 0.05) is 18.3 Å². The molecule has 102 valence electrons. The lowest BCUT2D eigenvalue weighted by molar-refractivity contribution is -0.135. The molecule has 0 bridgehead atoms. The van der Waals surface area contributed by atoms with Gasteiger partial charge in [-0.05, 0) is 18.0 Å². The topological polar surface area (TPSA) is 42.9 Å². The molecule has 0 radical (unpaired) electrons. The lowest BCUT2D eigenvalue weighted by atomic mass is 9.90. The van der Waals surface area contributed by atoms with Crippen molar-refractivity contribution >= 4 is 17.3 Å². The van der Waals surface area contributed by atoms with E-state index < -0.39 is 12.6 Å². The average Bonchev–Trinajstić information content (AvgIpc) is 2.62. The minimum atomic E-state index is -4.21. The quantitative estimate of drug-likeness (QED) is 0.789. The number of rotatable bonds is 4. The van der Waals surface area contributed by atoms with E-state index in [-0.39, 0.29) is 24.0 Å². The molecule has 18 heavy (non-hydrogen) atoms. The number of nitrogens with zero attached hydrogens (tertiary/aromatic N) is 2. The lowest BCUT2D eigenvalue weighted by Gasteiger charge is -2.15. The fourth-order valence-corrected chi connectivity index (χ4v) is 2.27. The SMILES string of the molecule is CC(C)(C)c1nnsc1C(=O)CCCC(F)(F)F. The summed E-state index contributed by atoms with van der Waals surface area (Å²) in [5.74, 6) is -0.306. The molecule has 0 aliphatic heterocycles. The predicted octanol–water partition coefficient (Wildman–Crippen LogP) is 3.75. The van der Waals surface area contributed by atoms with E-state index in [0.717, 1.165) is 11.5 Å². The van der Waals surface area contributed by atoms with Crippen LogP contribution in [0.2, 0.25) is 0 Å². The third-order valence-corrected chi connectivity index (χ3v) is 3.08. The van der Waals surface area contributed by atoms with Gasteiger partial charge >= 0.3 is 6.18 Å². The zero-order valence-corrected chi connectivity index (χ0v) is 11.3. The molecule has 0 aliphatic carbocycles. The second-order valence-electron chi connectivity index (χ2n) is 5.09. The fraction of sp³-hybridized carbons (Fsp3) is 0.727. The first-order chi connectivity index (χ1) is 8.11. The average molecular weight is 280 g/mol. The van der Waals surface area contributed by atoms with Crippen LogP contribution in [0, 0.1) is 0 Å². The van der Waals surface area contributed by atoms with E-state index in [1.54, 1.807) is 0 Å². The lowest BCUT2D eigenvalue weighted by Crippen LogP contribution is -2.16. The van der Waals surface area contributed by atoms with Gasteiger partial charge in [-0.1, -0.05) is 25.3 Å². The van der Waals surface area contributed by atoms with E-state index in [9.17, 15) is 18.0 Å². The summed E-state index contributed by atoms with van der Waals surface area (Å²) in [5.41, 5.74) is 0.228. The van der Waals surface area contributed by atoms with E-state index in [0.29, 0.717) is 10.6 Å². The summed E-state index contributed by atoms with van der Waals surface area (Å²) < 4.78 is 39.7. The molecule has 0 spiro atoms. The number of halogens is 3. The minimum absolute atomic E-state index is 0.119. The van der Waals surface area contributed by atoms with E-state index >= 15 is 0 Å². The Morgan fingerprint density at radius 1 is 1.28 bits per heavy atom. The summed E-state index contributed by atoms with van der Waals surface area (Å²) in [4.78, 5) is 12.2. The molecule has 0 saturated heterocycles. The standard InChI is InChI=1S/C11H15F3N2OS/c1-10(2,3)9-8(18-16-15-9)7(17)5-4-6-11(12,13)14/h4-6H2,1-3H3. The first-order valence-electron chi connectivity index (χ1n) is 5.54. The van der Waals surface area contributed by atoms with Crippen LogP contribution in [0.25, 0.3) is 0 Å². The van der Waals surface area contributed by atoms with Crippen molar-refractivity contribution in [3.05, 3.63) is 10.6 Å². The van der Waals surface area contributed by atoms with E-state index in [1.807, 2.05) is 20.8 Å². The molecule has 0 saturated carbocycles. The molecule has 1 aromatic rings. The molecule has 0 aliphatic rings. The molecular formula is C11H15F3N2OS. The number of carbonyl (C=O) groups excluding carboxylic acids is 1. The van der Waals surface area contributed by atoms with Gasteiger partial charge in [-0.3, -0.25) is 4.79 Å². The fourth-order valence-electron chi connectivity index (χ4n) is 1.43. The molecule has 0 amide bonds. The number of Topliss-reactive ketones (excluding diaryl/α,β-unsaturated/α-hetero) is 1. The van der Waals surface area contributed by atoms with Crippen molar-refractivity contribution in [2.24, 2.45) is 0 Å². The van der Waals surface area contributed by atoms with Crippen LogP contribution >= 0.6 is 11.5 Å². The Bertz CT molecular complexity index is 421. The first-order valence-corrected chi connectivity index (χ1v) is 6.31. The molecule has 1 aromatic heterocycles. The van der Waals surface area contributed by atoms with Crippen molar-refractivity contribution in [2.45, 2.75) is 51.6 Å². The molecule has 0 fully saturated rings. The summed E-state index contributed by atoms with van der Waals surface area (Å²) >= 11 is 0.951. The highest BCUT2D eigenvalue weighted by Gasteiger charge is 2.29. The van der Waals surface area contributed by atoms with Gasteiger partial charge in [-0.15, -0.1) is 5.10 Å². The molecule has 0 aromatic carbocycles. The molecule has 0 atom stereocenters. The zero-order chi connectivity index (χ0) is 14.0. The van der Waals surface area contributed by atoms with Crippen molar-refractivity contribution < 1.29 is 18.0 Å². The molecule has 7 heteroatoms. The van der Waals surface area contributed by atoms with Crippen LogP contribution in [0.3, 0.4) is 0 Å². The Labute approximate surface area is 108 Å². The highest BCUT2D eigenvalue weighted by molar-refractivity contribution is 7.08. The van der Waals surface area contributed by atoms with Gasteiger partial charge < -0.3 is 0 Å². The molecule has 1 rings (SSSR count). The van der Waals surface area contributed by atoms with E-state index in [1.165, 1.54) is 0 Å². The van der Waals surface area contributed by atoms with Crippen LogP contribution in [0.4, 0.5) is 13.2 Å². The van der Waals surface area contributed by atoms with E-state index in [4.69, 9.17) is 0 Å². The maximum atomic E-state index is 12.0. The Morgan fingerprint density at radius 2 is 1.89 bits per heavy atom. The third-order valence-electron chi connectivity index (χ3n) is 2.32. The Morgan fingerprint density at radius 3 is 2.39 bits per heavy atom. The van der Waals surface area contributed by atoms with Crippen LogP contribution in [-0.2, 0) is 5.41 Å². The van der Waals surface area contributed by atoms with Crippen LogP contribution in [0.1, 0.15) is 55.4 Å². The highest BCUT2D eigenvalue weighted by atomic mass is 32.1. The van der Waals surface area contributed by atoms with Crippen molar-refractivity contribution in [1.29, 1.82) is 0 Å². The second-order valence-corrected chi connectivity index (χ2v) is 5.85. The van der Waals surface area contributed by atoms with Crippen LogP contribution in [0.5, 0.6) is 0 Å². The van der Waals surface area contributed by atoms with Gasteiger partial charge in [-0.2, -0.15) is 13.2 Å². The number of alkyl halides is 3. The maximum Gasteiger partial charge on any atom is 0.389 e. The van der Waals surface area contributed by atoms with Crippen molar-refractivity contribution in [3.8, 4) is 0 Å². The monoisotopic (exact) mass is 280 g/mol. The van der Waals surface area contributed by atoms with Crippen LogP contribution in [0.15, 0.2) is 0 Å². The minimum Gasteiger partial charge on any atom is -0.293 e. The smallest absolute Gasteiger partial charge is 0.293 e. The van der Waals surface area contributed by atoms with Crippen LogP contribution in [-0.4, -0.2) is 21.5 Å². The van der Waals surface area contributed by atoms with Gasteiger partial charge in [0.15, 0.2) is 5.78 Å². The molecule has 0 unspecified atom stereocenters. The summed E-state index contributed by atoms with van der Waals surface area (Å²) in [7, 11) is 0. The van der Waals surface area contributed by atoms with Gasteiger partial charge in [0.05, 0.1) is 5.69 Å². The van der Waals surface area contributed by atoms with Gasteiger partial charge in [0.2, 0.25) is 0 Å².